The molecule has 1 heterocycles. The van der Waals surface area contributed by atoms with Crippen LogP contribution in [0.15, 0.2) is 52.1 Å². The third kappa shape index (κ3) is 6.56. The Hall–Kier alpha value is -2.61. The van der Waals surface area contributed by atoms with Gasteiger partial charge in [0, 0.05) is 18.7 Å². The van der Waals surface area contributed by atoms with E-state index >= 15 is 0 Å². The average molecular weight is 380 g/mol. The first-order valence-corrected chi connectivity index (χ1v) is 8.76. The number of likely N-dealkylation sites (N-methyl/N-ethyl adjacent to an activating group) is 1. The number of nitrogens with one attached hydrogen (secondary N) is 2. The topological polar surface area (TPSA) is 62.0 Å². The Morgan fingerprint density at radius 3 is 2.59 bits per heavy atom. The zero-order valence-corrected chi connectivity index (χ0v) is 15.8. The van der Waals surface area contributed by atoms with Crippen molar-refractivity contribution in [1.29, 1.82) is 0 Å². The predicted octanol–water partition coefficient (Wildman–Crippen LogP) is 3.24. The summed E-state index contributed by atoms with van der Waals surface area (Å²) in [5.41, 5.74) is 0.588. The number of hydrogen-bond acceptors (Lipinski definition) is 4. The number of alkyl halides is 2. The molecule has 27 heavy (non-hydrogen) atoms. The number of furan rings is 1. The van der Waals surface area contributed by atoms with E-state index in [1.54, 1.807) is 24.5 Å². The maximum atomic E-state index is 12.5. The van der Waals surface area contributed by atoms with Crippen LogP contribution < -0.4 is 15.4 Å². The lowest BCUT2D eigenvalue weighted by atomic mass is 10.2. The molecule has 1 unspecified atom stereocenters. The van der Waals surface area contributed by atoms with Gasteiger partial charge in [0.2, 0.25) is 0 Å². The highest BCUT2D eigenvalue weighted by Crippen LogP contribution is 2.21. The molecule has 6 nitrogen and oxygen atoms in total. The zero-order chi connectivity index (χ0) is 19.6. The lowest BCUT2D eigenvalue weighted by Gasteiger charge is -2.23. The molecule has 0 aliphatic carbocycles. The zero-order valence-electron chi connectivity index (χ0n) is 15.8. The van der Waals surface area contributed by atoms with Crippen LogP contribution in [-0.4, -0.2) is 44.7 Å². The lowest BCUT2D eigenvalue weighted by Crippen LogP contribution is -2.41. The van der Waals surface area contributed by atoms with Gasteiger partial charge >= 0.3 is 6.61 Å². The van der Waals surface area contributed by atoms with E-state index < -0.39 is 6.61 Å². The van der Waals surface area contributed by atoms with Gasteiger partial charge in [-0.1, -0.05) is 18.2 Å². The number of para-hydroxylation sites is 1. The molecule has 0 spiro atoms. The summed E-state index contributed by atoms with van der Waals surface area (Å²) in [6.07, 6.45) is 1.64. The molecule has 0 bridgehead atoms. The number of rotatable bonds is 9. The Kier molecular flexibility index (Phi) is 8.06. The molecule has 8 heteroatoms. The molecule has 0 saturated heterocycles. The Balaban J connectivity index is 2.06. The van der Waals surface area contributed by atoms with E-state index in [1.165, 1.54) is 6.07 Å². The van der Waals surface area contributed by atoms with Crippen molar-refractivity contribution in [2.45, 2.75) is 26.1 Å². The molecule has 0 fully saturated rings. The summed E-state index contributed by atoms with van der Waals surface area (Å²) in [5, 5.41) is 6.42. The minimum atomic E-state index is -2.87. The van der Waals surface area contributed by atoms with Crippen molar-refractivity contribution in [2.75, 3.05) is 27.2 Å². The Morgan fingerprint density at radius 1 is 1.19 bits per heavy atom. The number of benzene rings is 1. The molecular formula is C19H26F2N4O2. The third-order valence-electron chi connectivity index (χ3n) is 3.90. The van der Waals surface area contributed by atoms with Gasteiger partial charge in [-0.25, -0.2) is 4.99 Å². The number of ether oxygens (including phenoxy) is 1. The molecule has 1 aromatic carbocycles. The van der Waals surface area contributed by atoms with Gasteiger partial charge < -0.3 is 19.8 Å². The van der Waals surface area contributed by atoms with Gasteiger partial charge in [0.1, 0.15) is 11.5 Å². The first kappa shape index (κ1) is 20.7. The highest BCUT2D eigenvalue weighted by molar-refractivity contribution is 5.79. The number of hydrogen-bond donors (Lipinski definition) is 2. The Morgan fingerprint density at radius 2 is 1.96 bits per heavy atom. The van der Waals surface area contributed by atoms with Crippen LogP contribution in [0.4, 0.5) is 8.78 Å². The molecule has 0 aliphatic heterocycles. The van der Waals surface area contributed by atoms with Crippen molar-refractivity contribution in [3.05, 3.63) is 54.0 Å². The molecule has 0 saturated carbocycles. The first-order valence-electron chi connectivity index (χ1n) is 8.76. The summed E-state index contributed by atoms with van der Waals surface area (Å²) in [7, 11) is 3.94. The first-order chi connectivity index (χ1) is 13.0. The summed E-state index contributed by atoms with van der Waals surface area (Å²) in [6.45, 7) is 0.554. The minimum absolute atomic E-state index is 0.0262. The van der Waals surface area contributed by atoms with Crippen LogP contribution in [0.2, 0.25) is 0 Å². The van der Waals surface area contributed by atoms with Gasteiger partial charge in [-0.15, -0.1) is 0 Å². The highest BCUT2D eigenvalue weighted by Gasteiger charge is 2.17. The highest BCUT2D eigenvalue weighted by atomic mass is 19.3. The fourth-order valence-corrected chi connectivity index (χ4v) is 2.56. The fraction of sp³-hybridized carbons (Fsp3) is 0.421. The number of aliphatic imine (C=N–C) groups is 1. The molecule has 2 aromatic rings. The summed E-state index contributed by atoms with van der Waals surface area (Å²) in [4.78, 5) is 6.53. The summed E-state index contributed by atoms with van der Waals surface area (Å²) in [5.74, 6) is 1.57. The van der Waals surface area contributed by atoms with Crippen molar-refractivity contribution in [1.82, 2.24) is 15.5 Å². The largest absolute Gasteiger partial charge is 0.468 e. The van der Waals surface area contributed by atoms with Crippen molar-refractivity contribution in [2.24, 2.45) is 4.99 Å². The standard InChI is InChI=1S/C19H26F2N4O2/c1-4-22-19(24-13-15(25(2)3)17-10-7-11-26-17)23-12-14-8-5-6-9-16(14)27-18(20)21/h5-11,15,18H,4,12-13H2,1-3H3,(H2,22,23,24). The van der Waals surface area contributed by atoms with Crippen LogP contribution in [0.3, 0.4) is 0 Å². The second-order valence-electron chi connectivity index (χ2n) is 6.06. The van der Waals surface area contributed by atoms with Crippen molar-refractivity contribution < 1.29 is 17.9 Å². The maximum Gasteiger partial charge on any atom is 0.387 e. The van der Waals surface area contributed by atoms with Gasteiger partial charge in [0.15, 0.2) is 5.96 Å². The average Bonchev–Trinajstić information content (AvgIpc) is 3.14. The molecule has 148 valence electrons. The molecule has 1 aromatic heterocycles. The maximum absolute atomic E-state index is 12.5. The normalized spacial score (nSPS) is 13.1. The van der Waals surface area contributed by atoms with E-state index in [2.05, 4.69) is 20.4 Å². The molecule has 1 atom stereocenters. The Labute approximate surface area is 158 Å². The smallest absolute Gasteiger partial charge is 0.387 e. The van der Waals surface area contributed by atoms with E-state index in [9.17, 15) is 8.78 Å². The van der Waals surface area contributed by atoms with Crippen LogP contribution >= 0.6 is 0 Å². The monoisotopic (exact) mass is 380 g/mol. The number of nitrogens with zero attached hydrogens (tertiary/aromatic N) is 2. The quantitative estimate of drug-likeness (QED) is 0.517. The van der Waals surface area contributed by atoms with Gasteiger partial charge in [-0.2, -0.15) is 8.78 Å². The van der Waals surface area contributed by atoms with E-state index in [-0.39, 0.29) is 18.3 Å². The van der Waals surface area contributed by atoms with E-state index in [0.29, 0.717) is 24.6 Å². The van der Waals surface area contributed by atoms with Gasteiger partial charge in [0.05, 0.1) is 18.8 Å². The number of halogens is 2. The van der Waals surface area contributed by atoms with Crippen molar-refractivity contribution in [3.8, 4) is 5.75 Å². The molecule has 0 aliphatic rings. The Bertz CT molecular complexity index is 705. The van der Waals surface area contributed by atoms with E-state index in [4.69, 9.17) is 4.42 Å². The van der Waals surface area contributed by atoms with Gasteiger partial charge in [-0.05, 0) is 39.2 Å². The molecule has 2 rings (SSSR count). The van der Waals surface area contributed by atoms with Crippen molar-refractivity contribution >= 4 is 5.96 Å². The van der Waals surface area contributed by atoms with Crippen LogP contribution in [0.25, 0.3) is 0 Å². The minimum Gasteiger partial charge on any atom is -0.468 e. The van der Waals surface area contributed by atoms with Crippen LogP contribution in [0, 0.1) is 0 Å². The second-order valence-corrected chi connectivity index (χ2v) is 6.06. The SMILES string of the molecule is CCNC(=NCc1ccccc1OC(F)F)NCC(c1ccco1)N(C)C. The van der Waals surface area contributed by atoms with E-state index in [1.807, 2.05) is 38.1 Å². The fourth-order valence-electron chi connectivity index (χ4n) is 2.56. The second kappa shape index (κ2) is 10.5. The van der Waals surface area contributed by atoms with Crippen LogP contribution in [-0.2, 0) is 6.54 Å². The molecular weight excluding hydrogens is 354 g/mol. The lowest BCUT2D eigenvalue weighted by molar-refractivity contribution is -0.0504. The molecule has 0 amide bonds. The summed E-state index contributed by atoms with van der Waals surface area (Å²) < 4.78 is 35.1. The number of guanidine groups is 1. The van der Waals surface area contributed by atoms with Gasteiger partial charge in [0.25, 0.3) is 0 Å². The van der Waals surface area contributed by atoms with Gasteiger partial charge in [-0.3, -0.25) is 4.90 Å². The summed E-state index contributed by atoms with van der Waals surface area (Å²) >= 11 is 0. The van der Waals surface area contributed by atoms with E-state index in [0.717, 1.165) is 5.76 Å². The molecule has 2 N–H and O–H groups in total. The predicted molar refractivity (Wildman–Crippen MR) is 101 cm³/mol. The van der Waals surface area contributed by atoms with Crippen LogP contribution in [0.1, 0.15) is 24.3 Å². The third-order valence-corrected chi connectivity index (χ3v) is 3.90. The molecule has 0 radical (unpaired) electrons. The van der Waals surface area contributed by atoms with Crippen molar-refractivity contribution in [3.63, 3.8) is 0 Å². The summed E-state index contributed by atoms with van der Waals surface area (Å²) in [6, 6.07) is 10.5. The van der Waals surface area contributed by atoms with Crippen LogP contribution in [0.5, 0.6) is 5.75 Å².